The zero-order chi connectivity index (χ0) is 21.2. The van der Waals surface area contributed by atoms with Gasteiger partial charge in [0, 0.05) is 5.69 Å². The van der Waals surface area contributed by atoms with Crippen LogP contribution in [0.25, 0.3) is 0 Å². The molecule has 12 heteroatoms. The van der Waals surface area contributed by atoms with E-state index < -0.39 is 30.0 Å². The predicted octanol–water partition coefficient (Wildman–Crippen LogP) is 2.90. The second-order valence-corrected chi connectivity index (χ2v) is 6.55. The van der Waals surface area contributed by atoms with E-state index in [2.05, 4.69) is 5.32 Å². The van der Waals surface area contributed by atoms with Crippen LogP contribution >= 0.6 is 12.2 Å². The normalized spacial score (nSPS) is 19.2. The quantitative estimate of drug-likeness (QED) is 0.716. The smallest absolute Gasteiger partial charge is 0.418 e. The van der Waals surface area contributed by atoms with Crippen LogP contribution in [0.15, 0.2) is 18.2 Å². The number of nitrogens with one attached hydrogen (secondary N) is 1. The molecule has 158 valence electrons. The van der Waals surface area contributed by atoms with Gasteiger partial charge < -0.3 is 19.5 Å². The molecule has 2 aliphatic rings. The molecule has 1 N–H and O–H groups in total. The molecule has 2 fully saturated rings. The summed E-state index contributed by atoms with van der Waals surface area (Å²) in [5, 5.41) is 2.91. The van der Waals surface area contributed by atoms with E-state index >= 15 is 0 Å². The van der Waals surface area contributed by atoms with Gasteiger partial charge in [-0.2, -0.15) is 13.2 Å². The highest BCUT2D eigenvalue weighted by molar-refractivity contribution is 7.80. The van der Waals surface area contributed by atoms with Gasteiger partial charge in [-0.05, 0) is 37.3 Å². The molecule has 0 aromatic heterocycles. The van der Waals surface area contributed by atoms with Crippen molar-refractivity contribution in [1.82, 2.24) is 5.32 Å². The van der Waals surface area contributed by atoms with Gasteiger partial charge in [-0.15, -0.1) is 0 Å². The monoisotopic (exact) mass is 433 g/mol. The fourth-order valence-corrected chi connectivity index (χ4v) is 3.19. The summed E-state index contributed by atoms with van der Waals surface area (Å²) in [7, 11) is 0. The molecule has 0 unspecified atom stereocenters. The lowest BCUT2D eigenvalue weighted by Crippen LogP contribution is -2.34. The number of cyclic esters (lactones) is 2. The standard InChI is InChI=1S/C17H18F3N3O5S/c1-2-26-14(29)21-8-11-9-23(16(25)28-11)10-3-4-13(12(7-10)17(18,19)20)22-5-6-27-15(22)24/h3-4,7,11H,2,5-6,8-9H2,1H3,(H,21,29)/t11-/m0/s1. The Balaban J connectivity index is 1.79. The van der Waals surface area contributed by atoms with E-state index in [-0.39, 0.29) is 42.8 Å². The molecule has 0 spiro atoms. The van der Waals surface area contributed by atoms with Gasteiger partial charge in [0.25, 0.3) is 5.17 Å². The molecular formula is C17H18F3N3O5S. The van der Waals surface area contributed by atoms with E-state index in [1.807, 2.05) is 0 Å². The van der Waals surface area contributed by atoms with E-state index in [0.29, 0.717) is 6.61 Å². The van der Waals surface area contributed by atoms with Crippen molar-refractivity contribution >= 4 is 41.0 Å². The Morgan fingerprint density at radius 3 is 2.69 bits per heavy atom. The van der Waals surface area contributed by atoms with Gasteiger partial charge in [-0.3, -0.25) is 9.80 Å². The first-order chi connectivity index (χ1) is 13.7. The molecule has 2 aliphatic heterocycles. The molecule has 3 rings (SSSR count). The van der Waals surface area contributed by atoms with Gasteiger partial charge in [0.05, 0.1) is 37.5 Å². The highest BCUT2D eigenvalue weighted by Gasteiger charge is 2.40. The van der Waals surface area contributed by atoms with E-state index in [0.717, 1.165) is 21.9 Å². The van der Waals surface area contributed by atoms with Gasteiger partial charge in [0.2, 0.25) is 0 Å². The fourth-order valence-electron chi connectivity index (χ4n) is 2.98. The zero-order valence-electron chi connectivity index (χ0n) is 15.3. The largest absolute Gasteiger partial charge is 0.471 e. The third-order valence-corrected chi connectivity index (χ3v) is 4.53. The Bertz CT molecular complexity index is 820. The first kappa shape index (κ1) is 21.0. The number of carbonyl (C=O) groups is 2. The first-order valence-corrected chi connectivity index (χ1v) is 9.16. The summed E-state index contributed by atoms with van der Waals surface area (Å²) in [6.07, 6.45) is -6.98. The minimum atomic E-state index is -4.73. The summed E-state index contributed by atoms with van der Waals surface area (Å²) in [4.78, 5) is 25.9. The van der Waals surface area contributed by atoms with Crippen molar-refractivity contribution in [2.75, 3.05) is 42.6 Å². The highest BCUT2D eigenvalue weighted by Crippen LogP contribution is 2.40. The minimum Gasteiger partial charge on any atom is -0.471 e. The number of thiocarbonyl (C=S) groups is 1. The number of anilines is 2. The molecular weight excluding hydrogens is 415 g/mol. The average Bonchev–Trinajstić information content (AvgIpc) is 3.24. The number of amides is 2. The summed E-state index contributed by atoms with van der Waals surface area (Å²) >= 11 is 4.92. The third kappa shape index (κ3) is 4.63. The second kappa shape index (κ2) is 8.31. The van der Waals surface area contributed by atoms with Crippen molar-refractivity contribution in [2.45, 2.75) is 19.2 Å². The van der Waals surface area contributed by atoms with Gasteiger partial charge in [-0.1, -0.05) is 0 Å². The number of alkyl halides is 3. The minimum absolute atomic E-state index is 0.00789. The summed E-state index contributed by atoms with van der Waals surface area (Å²) < 4.78 is 55.8. The van der Waals surface area contributed by atoms with Crippen LogP contribution in [-0.4, -0.2) is 56.3 Å². The van der Waals surface area contributed by atoms with Gasteiger partial charge in [-0.25, -0.2) is 9.59 Å². The molecule has 0 aliphatic carbocycles. The van der Waals surface area contributed by atoms with Gasteiger partial charge in [0.15, 0.2) is 0 Å². The Morgan fingerprint density at radius 1 is 1.31 bits per heavy atom. The van der Waals surface area contributed by atoms with Crippen molar-refractivity contribution < 1.29 is 37.0 Å². The number of halogens is 3. The molecule has 0 bridgehead atoms. The third-order valence-electron chi connectivity index (χ3n) is 4.27. The number of rotatable bonds is 5. The van der Waals surface area contributed by atoms with Crippen LogP contribution in [0.1, 0.15) is 12.5 Å². The van der Waals surface area contributed by atoms with Crippen LogP contribution in [0.4, 0.5) is 34.1 Å². The van der Waals surface area contributed by atoms with Crippen molar-refractivity contribution in [3.63, 3.8) is 0 Å². The topological polar surface area (TPSA) is 80.3 Å². The van der Waals surface area contributed by atoms with Crippen molar-refractivity contribution in [3.8, 4) is 0 Å². The zero-order valence-corrected chi connectivity index (χ0v) is 16.1. The number of carbonyl (C=O) groups excluding carboxylic acids is 2. The van der Waals surface area contributed by atoms with Crippen molar-refractivity contribution in [3.05, 3.63) is 23.8 Å². The molecule has 2 amide bonds. The predicted molar refractivity (Wildman–Crippen MR) is 100.0 cm³/mol. The summed E-state index contributed by atoms with van der Waals surface area (Å²) in [5.74, 6) is 0. The molecule has 1 aromatic carbocycles. The number of nitrogens with zero attached hydrogens (tertiary/aromatic N) is 2. The van der Waals surface area contributed by atoms with Crippen LogP contribution < -0.4 is 15.1 Å². The van der Waals surface area contributed by atoms with Gasteiger partial charge in [0.1, 0.15) is 12.7 Å². The Labute approximate surface area is 169 Å². The molecule has 1 atom stereocenters. The second-order valence-electron chi connectivity index (χ2n) is 6.18. The maximum absolute atomic E-state index is 13.6. The number of hydrogen-bond donors (Lipinski definition) is 1. The first-order valence-electron chi connectivity index (χ1n) is 8.75. The highest BCUT2D eigenvalue weighted by atomic mass is 32.1. The van der Waals surface area contributed by atoms with Crippen LogP contribution in [0, 0.1) is 0 Å². The molecule has 0 saturated carbocycles. The van der Waals surface area contributed by atoms with E-state index in [9.17, 15) is 22.8 Å². The average molecular weight is 433 g/mol. The number of benzene rings is 1. The van der Waals surface area contributed by atoms with Crippen molar-refractivity contribution in [1.29, 1.82) is 0 Å². The lowest BCUT2D eigenvalue weighted by atomic mass is 10.1. The SMILES string of the molecule is CCOC(=S)NC[C@H]1CN(c2ccc(N3CCOC3=O)c(C(F)(F)F)c2)C(=O)O1. The van der Waals surface area contributed by atoms with E-state index in [4.69, 9.17) is 26.4 Å². The molecule has 2 heterocycles. The molecule has 1 aromatic rings. The molecule has 2 saturated heterocycles. The van der Waals surface area contributed by atoms with E-state index in [1.54, 1.807) is 6.92 Å². The van der Waals surface area contributed by atoms with Gasteiger partial charge >= 0.3 is 18.4 Å². The Kier molecular flexibility index (Phi) is 6.01. The van der Waals surface area contributed by atoms with Crippen LogP contribution in [0.3, 0.4) is 0 Å². The maximum Gasteiger partial charge on any atom is 0.418 e. The van der Waals surface area contributed by atoms with Crippen LogP contribution in [0.2, 0.25) is 0 Å². The lowest BCUT2D eigenvalue weighted by molar-refractivity contribution is -0.137. The Hall–Kier alpha value is -2.76. The molecule has 8 nitrogen and oxygen atoms in total. The number of hydrogen-bond acceptors (Lipinski definition) is 6. The van der Waals surface area contributed by atoms with E-state index in [1.165, 1.54) is 6.07 Å². The van der Waals surface area contributed by atoms with Crippen molar-refractivity contribution in [2.24, 2.45) is 0 Å². The summed E-state index contributed by atoms with van der Waals surface area (Å²) in [5.41, 5.74) is -1.36. The molecule has 0 radical (unpaired) electrons. The Morgan fingerprint density at radius 2 is 2.07 bits per heavy atom. The lowest BCUT2D eigenvalue weighted by Gasteiger charge is -2.22. The summed E-state index contributed by atoms with van der Waals surface area (Å²) in [6, 6.07) is 3.30. The number of ether oxygens (including phenoxy) is 3. The van der Waals surface area contributed by atoms with Crippen LogP contribution in [-0.2, 0) is 20.4 Å². The summed E-state index contributed by atoms with van der Waals surface area (Å²) in [6.45, 7) is 2.34. The maximum atomic E-state index is 13.6. The fraction of sp³-hybridized carbons (Fsp3) is 0.471. The van der Waals surface area contributed by atoms with Crippen LogP contribution in [0.5, 0.6) is 0 Å². The molecule has 29 heavy (non-hydrogen) atoms.